The highest BCUT2D eigenvalue weighted by Crippen LogP contribution is 2.29. The number of nitrogens with zero attached hydrogens (tertiary/aromatic N) is 2. The van der Waals surface area contributed by atoms with Gasteiger partial charge in [0.1, 0.15) is 5.82 Å². The Morgan fingerprint density at radius 3 is 2.80 bits per heavy atom. The van der Waals surface area contributed by atoms with Gasteiger partial charge in [-0.25, -0.2) is 4.98 Å². The van der Waals surface area contributed by atoms with Crippen molar-refractivity contribution in [3.63, 3.8) is 0 Å². The van der Waals surface area contributed by atoms with Gasteiger partial charge in [-0.3, -0.25) is 0 Å². The molecule has 2 atom stereocenters. The lowest BCUT2D eigenvalue weighted by atomic mass is 9.86. The first-order valence-corrected chi connectivity index (χ1v) is 8.06. The molecule has 112 valence electrons. The van der Waals surface area contributed by atoms with E-state index in [1.165, 1.54) is 36.9 Å². The molecule has 1 heterocycles. The van der Waals surface area contributed by atoms with Crippen LogP contribution in [0.5, 0.6) is 0 Å². The van der Waals surface area contributed by atoms with Crippen LogP contribution in [0.3, 0.4) is 0 Å². The molecule has 3 nitrogen and oxygen atoms in total. The fourth-order valence-corrected chi connectivity index (χ4v) is 3.26. The smallest absolute Gasteiger partial charge is 0.129 e. The van der Waals surface area contributed by atoms with Crippen LogP contribution in [-0.2, 0) is 13.0 Å². The van der Waals surface area contributed by atoms with Crippen LogP contribution in [0, 0.1) is 5.92 Å². The maximum Gasteiger partial charge on any atom is 0.129 e. The Morgan fingerprint density at radius 1 is 1.35 bits per heavy atom. The van der Waals surface area contributed by atoms with Crippen molar-refractivity contribution in [2.24, 2.45) is 11.7 Å². The van der Waals surface area contributed by atoms with Gasteiger partial charge in [-0.15, -0.1) is 0 Å². The quantitative estimate of drug-likeness (QED) is 0.894. The summed E-state index contributed by atoms with van der Waals surface area (Å²) in [5.41, 5.74) is 8.22. The summed E-state index contributed by atoms with van der Waals surface area (Å²) in [6.07, 6.45) is 7.46. The molecular formula is C17H29N3. The molecule has 1 aliphatic carbocycles. The van der Waals surface area contributed by atoms with Gasteiger partial charge < -0.3 is 10.6 Å². The van der Waals surface area contributed by atoms with Crippen LogP contribution in [-0.4, -0.2) is 18.1 Å². The highest BCUT2D eigenvalue weighted by atomic mass is 15.2. The Hall–Kier alpha value is -1.09. The topological polar surface area (TPSA) is 42.1 Å². The van der Waals surface area contributed by atoms with Crippen molar-refractivity contribution in [1.29, 1.82) is 0 Å². The summed E-state index contributed by atoms with van der Waals surface area (Å²) in [5.74, 6) is 1.94. The molecule has 1 aromatic heterocycles. The summed E-state index contributed by atoms with van der Waals surface area (Å²) in [7, 11) is 2.20. The van der Waals surface area contributed by atoms with E-state index < -0.39 is 0 Å². The molecule has 2 rings (SSSR count). The molecule has 2 N–H and O–H groups in total. The molecule has 1 saturated carbocycles. The lowest BCUT2D eigenvalue weighted by molar-refractivity contribution is 0.335. The van der Waals surface area contributed by atoms with Crippen LogP contribution in [0.15, 0.2) is 12.1 Å². The lowest BCUT2D eigenvalue weighted by Gasteiger charge is -2.35. The third-order valence-corrected chi connectivity index (χ3v) is 4.48. The number of aryl methyl sites for hydroxylation is 1. The zero-order valence-corrected chi connectivity index (χ0v) is 13.2. The summed E-state index contributed by atoms with van der Waals surface area (Å²) in [6, 6.07) is 4.96. The minimum atomic E-state index is 0.598. The summed E-state index contributed by atoms with van der Waals surface area (Å²) >= 11 is 0. The number of anilines is 1. The van der Waals surface area contributed by atoms with Crippen LogP contribution >= 0.6 is 0 Å². The maximum absolute atomic E-state index is 5.84. The number of nitrogens with two attached hydrogens (primary N) is 1. The second kappa shape index (κ2) is 7.07. The second-order valence-corrected chi connectivity index (χ2v) is 6.32. The molecule has 3 heteroatoms. The first-order valence-electron chi connectivity index (χ1n) is 8.06. The SMILES string of the molecule is CCCc1cc(CN)cc(N(C)C2CCCC(C)C2)n1. The predicted octanol–water partition coefficient (Wildman–Crippen LogP) is 3.51. The van der Waals surface area contributed by atoms with E-state index >= 15 is 0 Å². The molecule has 0 amide bonds. The normalized spacial score (nSPS) is 22.8. The van der Waals surface area contributed by atoms with Gasteiger partial charge in [0.05, 0.1) is 0 Å². The highest BCUT2D eigenvalue weighted by molar-refractivity contribution is 5.43. The predicted molar refractivity (Wildman–Crippen MR) is 85.9 cm³/mol. The van der Waals surface area contributed by atoms with E-state index in [0.717, 1.165) is 24.6 Å². The third kappa shape index (κ3) is 3.72. The van der Waals surface area contributed by atoms with Gasteiger partial charge >= 0.3 is 0 Å². The minimum Gasteiger partial charge on any atom is -0.357 e. The van der Waals surface area contributed by atoms with Gasteiger partial charge in [-0.1, -0.05) is 33.1 Å². The van der Waals surface area contributed by atoms with Crippen molar-refractivity contribution in [3.05, 3.63) is 23.4 Å². The van der Waals surface area contributed by atoms with E-state index in [0.29, 0.717) is 12.6 Å². The van der Waals surface area contributed by atoms with E-state index in [2.05, 4.69) is 37.9 Å². The first-order chi connectivity index (χ1) is 9.63. The highest BCUT2D eigenvalue weighted by Gasteiger charge is 2.23. The van der Waals surface area contributed by atoms with Gasteiger partial charge in [0.15, 0.2) is 0 Å². The molecule has 0 bridgehead atoms. The number of rotatable bonds is 5. The second-order valence-electron chi connectivity index (χ2n) is 6.32. The number of aromatic nitrogens is 1. The molecule has 1 fully saturated rings. The maximum atomic E-state index is 5.84. The molecule has 2 unspecified atom stereocenters. The Bertz CT molecular complexity index is 430. The van der Waals surface area contributed by atoms with Crippen molar-refractivity contribution in [3.8, 4) is 0 Å². The Kier molecular flexibility index (Phi) is 5.41. The molecule has 0 saturated heterocycles. The third-order valence-electron chi connectivity index (χ3n) is 4.48. The van der Waals surface area contributed by atoms with Crippen molar-refractivity contribution in [1.82, 2.24) is 4.98 Å². The van der Waals surface area contributed by atoms with Crippen molar-refractivity contribution in [2.75, 3.05) is 11.9 Å². The van der Waals surface area contributed by atoms with Gasteiger partial charge in [0.25, 0.3) is 0 Å². The van der Waals surface area contributed by atoms with E-state index in [1.807, 2.05) is 0 Å². The van der Waals surface area contributed by atoms with Gasteiger partial charge in [0.2, 0.25) is 0 Å². The average molecular weight is 275 g/mol. The monoisotopic (exact) mass is 275 g/mol. The molecule has 0 aliphatic heterocycles. The van der Waals surface area contributed by atoms with Crippen LogP contribution in [0.2, 0.25) is 0 Å². The summed E-state index contributed by atoms with van der Waals surface area (Å²) in [4.78, 5) is 7.22. The van der Waals surface area contributed by atoms with E-state index in [-0.39, 0.29) is 0 Å². The van der Waals surface area contributed by atoms with E-state index in [9.17, 15) is 0 Å². The lowest BCUT2D eigenvalue weighted by Crippen LogP contribution is -2.36. The number of hydrogen-bond acceptors (Lipinski definition) is 3. The van der Waals surface area contributed by atoms with Crippen LogP contribution in [0.1, 0.15) is 57.2 Å². The van der Waals surface area contributed by atoms with Gasteiger partial charge in [-0.2, -0.15) is 0 Å². The zero-order valence-electron chi connectivity index (χ0n) is 13.2. The molecule has 0 radical (unpaired) electrons. The average Bonchev–Trinajstić information content (AvgIpc) is 2.46. The Balaban J connectivity index is 2.19. The van der Waals surface area contributed by atoms with Crippen molar-refractivity contribution < 1.29 is 0 Å². The molecule has 0 spiro atoms. The molecular weight excluding hydrogens is 246 g/mol. The minimum absolute atomic E-state index is 0.598. The summed E-state index contributed by atoms with van der Waals surface area (Å²) < 4.78 is 0. The van der Waals surface area contributed by atoms with Crippen LogP contribution in [0.25, 0.3) is 0 Å². The van der Waals surface area contributed by atoms with E-state index in [1.54, 1.807) is 0 Å². The molecule has 1 aliphatic rings. The number of pyridine rings is 1. The fourth-order valence-electron chi connectivity index (χ4n) is 3.26. The van der Waals surface area contributed by atoms with E-state index in [4.69, 9.17) is 10.7 Å². The van der Waals surface area contributed by atoms with Gasteiger partial charge in [0, 0.05) is 25.3 Å². The van der Waals surface area contributed by atoms with Crippen LogP contribution in [0.4, 0.5) is 5.82 Å². The van der Waals surface area contributed by atoms with Gasteiger partial charge in [-0.05, 0) is 42.9 Å². The fraction of sp³-hybridized carbons (Fsp3) is 0.706. The zero-order chi connectivity index (χ0) is 14.5. The van der Waals surface area contributed by atoms with Crippen LogP contribution < -0.4 is 10.6 Å². The summed E-state index contributed by atoms with van der Waals surface area (Å²) in [5, 5.41) is 0. The largest absolute Gasteiger partial charge is 0.357 e. The molecule has 1 aromatic rings. The molecule has 20 heavy (non-hydrogen) atoms. The van der Waals surface area contributed by atoms with Crippen molar-refractivity contribution >= 4 is 5.82 Å². The Labute approximate surface area is 123 Å². The number of hydrogen-bond donors (Lipinski definition) is 1. The standard InChI is InChI=1S/C17H29N3/c1-4-6-15-10-14(12-18)11-17(19-15)20(3)16-8-5-7-13(2)9-16/h10-11,13,16H,4-9,12,18H2,1-3H3. The van der Waals surface area contributed by atoms with Crippen molar-refractivity contribution in [2.45, 2.75) is 65.0 Å². The first kappa shape index (κ1) is 15.3. The summed E-state index contributed by atoms with van der Waals surface area (Å²) in [6.45, 7) is 5.16. The molecule has 0 aromatic carbocycles. The Morgan fingerprint density at radius 2 is 2.15 bits per heavy atom.